The van der Waals surface area contributed by atoms with Crippen LogP contribution in [0, 0.1) is 0 Å². The lowest BCUT2D eigenvalue weighted by molar-refractivity contribution is -0.141. The Kier molecular flexibility index (Phi) is 3.54. The molecule has 0 unspecified atom stereocenters. The first-order valence-corrected chi connectivity index (χ1v) is 4.56. The second-order valence-electron chi connectivity index (χ2n) is 3.38. The molecule has 1 aromatic rings. The Morgan fingerprint density at radius 2 is 2.00 bits per heavy atom. The number of rotatable bonds is 3. The highest BCUT2D eigenvalue weighted by Gasteiger charge is 2.34. The molecule has 0 aromatic carbocycles. The van der Waals surface area contributed by atoms with E-state index in [0.717, 1.165) is 0 Å². The molecule has 1 heterocycles. The number of nitrogens with zero attached hydrogens (tertiary/aromatic N) is 2. The Hall–Kier alpha value is -1.86. The smallest absolute Gasteiger partial charge is 0.433 e. The lowest BCUT2D eigenvalue weighted by atomic mass is 10.3. The highest BCUT2D eigenvalue weighted by atomic mass is 19.4. The molecular formula is C9H9F3N2O3. The maximum Gasteiger partial charge on any atom is 0.433 e. The van der Waals surface area contributed by atoms with Crippen molar-refractivity contribution in [2.24, 2.45) is 0 Å². The molecule has 1 rings (SSSR count). The topological polar surface area (TPSA) is 72.3 Å². The number of carboxylic acids is 1. The number of carbonyl (C=O) groups is 1. The van der Waals surface area contributed by atoms with Crippen LogP contribution in [0.5, 0.6) is 5.88 Å². The number of hydrogen-bond donors (Lipinski definition) is 1. The van der Waals surface area contributed by atoms with Crippen molar-refractivity contribution < 1.29 is 27.8 Å². The summed E-state index contributed by atoms with van der Waals surface area (Å²) in [5.41, 5.74) is -1.35. The van der Waals surface area contributed by atoms with Crippen LogP contribution in [-0.4, -0.2) is 27.1 Å². The maximum absolute atomic E-state index is 12.4. The summed E-state index contributed by atoms with van der Waals surface area (Å²) in [5, 5.41) is 8.59. The highest BCUT2D eigenvalue weighted by molar-refractivity contribution is 5.83. The summed E-state index contributed by atoms with van der Waals surface area (Å²) in [6.45, 7) is 3.16. The highest BCUT2D eigenvalue weighted by Crippen LogP contribution is 2.29. The molecule has 0 spiro atoms. The molecule has 0 fully saturated rings. The maximum atomic E-state index is 12.4. The van der Waals surface area contributed by atoms with Gasteiger partial charge in [-0.1, -0.05) is 0 Å². The summed E-state index contributed by atoms with van der Waals surface area (Å²) in [5.74, 6) is -3.01. The second-order valence-corrected chi connectivity index (χ2v) is 3.38. The van der Waals surface area contributed by atoms with Gasteiger partial charge in [0.25, 0.3) is 0 Å². The zero-order chi connectivity index (χ0) is 13.2. The van der Waals surface area contributed by atoms with E-state index < -0.39 is 35.6 Å². The van der Waals surface area contributed by atoms with Crippen LogP contribution in [0.1, 0.15) is 30.2 Å². The van der Waals surface area contributed by atoms with Crippen molar-refractivity contribution in [3.63, 3.8) is 0 Å². The molecule has 0 aliphatic heterocycles. The number of carboxylic acid groups (broad SMARTS) is 1. The first kappa shape index (κ1) is 13.2. The molecule has 0 amide bonds. The first-order chi connectivity index (χ1) is 7.70. The summed E-state index contributed by atoms with van der Waals surface area (Å²) < 4.78 is 42.2. The Morgan fingerprint density at radius 3 is 2.41 bits per heavy atom. The third kappa shape index (κ3) is 3.58. The lowest BCUT2D eigenvalue weighted by Crippen LogP contribution is -2.16. The molecule has 94 valence electrons. The Bertz CT molecular complexity index is 432. The molecule has 0 radical (unpaired) electrons. The van der Waals surface area contributed by atoms with Crippen molar-refractivity contribution in [3.05, 3.63) is 17.6 Å². The van der Waals surface area contributed by atoms with Crippen molar-refractivity contribution in [2.75, 3.05) is 0 Å². The molecule has 1 N–H and O–H groups in total. The Morgan fingerprint density at radius 1 is 1.41 bits per heavy atom. The van der Waals surface area contributed by atoms with Gasteiger partial charge in [0.05, 0.1) is 6.10 Å². The number of aromatic nitrogens is 2. The normalized spacial score (nSPS) is 11.6. The van der Waals surface area contributed by atoms with Gasteiger partial charge in [0, 0.05) is 6.07 Å². The molecule has 0 atom stereocenters. The van der Waals surface area contributed by atoms with Gasteiger partial charge in [-0.2, -0.15) is 18.2 Å². The minimum atomic E-state index is -4.75. The van der Waals surface area contributed by atoms with Crippen molar-refractivity contribution in [1.29, 1.82) is 0 Å². The van der Waals surface area contributed by atoms with E-state index in [0.29, 0.717) is 6.07 Å². The quantitative estimate of drug-likeness (QED) is 0.887. The van der Waals surface area contributed by atoms with Crippen LogP contribution in [0.2, 0.25) is 0 Å². The zero-order valence-electron chi connectivity index (χ0n) is 8.95. The first-order valence-electron chi connectivity index (χ1n) is 4.56. The van der Waals surface area contributed by atoms with Gasteiger partial charge in [-0.3, -0.25) is 0 Å². The summed E-state index contributed by atoms with van der Waals surface area (Å²) in [6.07, 6.45) is -5.17. The van der Waals surface area contributed by atoms with Crippen LogP contribution < -0.4 is 4.74 Å². The van der Waals surface area contributed by atoms with E-state index >= 15 is 0 Å². The fourth-order valence-corrected chi connectivity index (χ4v) is 0.968. The molecule has 8 heteroatoms. The van der Waals surface area contributed by atoms with E-state index in [-0.39, 0.29) is 0 Å². The number of hydrogen-bond acceptors (Lipinski definition) is 4. The van der Waals surface area contributed by atoms with E-state index in [9.17, 15) is 18.0 Å². The Balaban J connectivity index is 3.24. The Labute approximate surface area is 94.3 Å². The summed E-state index contributed by atoms with van der Waals surface area (Å²) in [4.78, 5) is 16.8. The predicted octanol–water partition coefficient (Wildman–Crippen LogP) is 1.98. The molecule has 0 aliphatic rings. The largest absolute Gasteiger partial charge is 0.475 e. The minimum absolute atomic E-state index is 0.417. The molecule has 0 aliphatic carbocycles. The second kappa shape index (κ2) is 4.56. The monoisotopic (exact) mass is 250 g/mol. The van der Waals surface area contributed by atoms with Crippen LogP contribution in [0.25, 0.3) is 0 Å². The molecular weight excluding hydrogens is 241 g/mol. The zero-order valence-corrected chi connectivity index (χ0v) is 8.95. The van der Waals surface area contributed by atoms with Crippen LogP contribution in [0.3, 0.4) is 0 Å². The van der Waals surface area contributed by atoms with E-state index in [1.807, 2.05) is 0 Å². The number of ether oxygens (including phenoxy) is 1. The van der Waals surface area contributed by atoms with Crippen LogP contribution in [-0.2, 0) is 6.18 Å². The van der Waals surface area contributed by atoms with Crippen LogP contribution in [0.4, 0.5) is 13.2 Å². The third-order valence-electron chi connectivity index (χ3n) is 1.54. The van der Waals surface area contributed by atoms with Crippen molar-refractivity contribution >= 4 is 5.97 Å². The predicted molar refractivity (Wildman–Crippen MR) is 49.8 cm³/mol. The van der Waals surface area contributed by atoms with Gasteiger partial charge in [0.2, 0.25) is 11.7 Å². The molecule has 1 aromatic heterocycles. The number of halogens is 3. The van der Waals surface area contributed by atoms with Crippen molar-refractivity contribution in [3.8, 4) is 5.88 Å². The van der Waals surface area contributed by atoms with Crippen LogP contribution in [0.15, 0.2) is 6.07 Å². The SMILES string of the molecule is CC(C)Oc1cc(C(F)(F)F)nc(C(=O)O)n1. The molecule has 0 bridgehead atoms. The van der Waals surface area contributed by atoms with Gasteiger partial charge in [0.15, 0.2) is 5.69 Å². The standard InChI is InChI=1S/C9H9F3N2O3/c1-4(2)17-6-3-5(9(10,11)12)13-7(14-6)8(15)16/h3-4H,1-2H3,(H,15,16). The van der Waals surface area contributed by atoms with Crippen molar-refractivity contribution in [1.82, 2.24) is 9.97 Å². The van der Waals surface area contributed by atoms with Gasteiger partial charge >= 0.3 is 12.1 Å². The van der Waals surface area contributed by atoms with Crippen molar-refractivity contribution in [2.45, 2.75) is 26.1 Å². The van der Waals surface area contributed by atoms with E-state index in [2.05, 4.69) is 9.97 Å². The summed E-state index contributed by atoms with van der Waals surface area (Å²) >= 11 is 0. The number of alkyl halides is 3. The van der Waals surface area contributed by atoms with Crippen LogP contribution >= 0.6 is 0 Å². The van der Waals surface area contributed by atoms with E-state index in [1.54, 1.807) is 13.8 Å². The lowest BCUT2D eigenvalue weighted by Gasteiger charge is -2.11. The molecule has 0 saturated carbocycles. The number of aromatic carboxylic acids is 1. The molecule has 5 nitrogen and oxygen atoms in total. The minimum Gasteiger partial charge on any atom is -0.475 e. The van der Waals surface area contributed by atoms with Gasteiger partial charge in [0.1, 0.15) is 0 Å². The third-order valence-corrected chi connectivity index (χ3v) is 1.54. The van der Waals surface area contributed by atoms with Gasteiger partial charge < -0.3 is 9.84 Å². The fraction of sp³-hybridized carbons (Fsp3) is 0.444. The average Bonchev–Trinajstić information content (AvgIpc) is 2.14. The van der Waals surface area contributed by atoms with E-state index in [4.69, 9.17) is 9.84 Å². The fourth-order valence-electron chi connectivity index (χ4n) is 0.968. The van der Waals surface area contributed by atoms with Gasteiger partial charge in [-0.15, -0.1) is 0 Å². The van der Waals surface area contributed by atoms with E-state index in [1.165, 1.54) is 0 Å². The average molecular weight is 250 g/mol. The molecule has 17 heavy (non-hydrogen) atoms. The molecule has 0 saturated heterocycles. The van der Waals surface area contributed by atoms with Gasteiger partial charge in [-0.05, 0) is 13.8 Å². The summed E-state index contributed by atoms with van der Waals surface area (Å²) in [6, 6.07) is 0.562. The van der Waals surface area contributed by atoms with Gasteiger partial charge in [-0.25, -0.2) is 9.78 Å². The summed E-state index contributed by atoms with van der Waals surface area (Å²) in [7, 11) is 0.